The molecule has 7 nitrogen and oxygen atoms in total. The molecule has 0 aliphatic carbocycles. The van der Waals surface area contributed by atoms with Gasteiger partial charge in [-0.2, -0.15) is 5.10 Å². The molecule has 8 heteroatoms. The maximum atomic E-state index is 13.3. The van der Waals surface area contributed by atoms with Crippen molar-refractivity contribution in [2.24, 2.45) is 5.92 Å². The van der Waals surface area contributed by atoms with Gasteiger partial charge in [0.2, 0.25) is 11.8 Å². The first kappa shape index (κ1) is 18.8. The molecule has 2 atom stereocenters. The van der Waals surface area contributed by atoms with E-state index in [1.54, 1.807) is 42.5 Å². The predicted molar refractivity (Wildman–Crippen MR) is 105 cm³/mol. The summed E-state index contributed by atoms with van der Waals surface area (Å²) in [4.78, 5) is 30.8. The smallest absolute Gasteiger partial charge is 0.231 e. The fourth-order valence-corrected chi connectivity index (χ4v) is 3.71. The quantitative estimate of drug-likeness (QED) is 0.712. The highest BCUT2D eigenvalue weighted by Gasteiger charge is 2.39. The standard InChI is InChI=1S/C21H20FN5O2/c1-27-19(28)7-6-16(20(27)14-2-4-15(22)5-3-14)21(29)24-18-12-17(25-26-18)13-8-10-23-11-9-13/h2-5,8-12,16,20H,6-7H2,1H3,(H2,24,25,26,29). The van der Waals surface area contributed by atoms with Crippen molar-refractivity contribution in [1.29, 1.82) is 0 Å². The lowest BCUT2D eigenvalue weighted by atomic mass is 9.84. The summed E-state index contributed by atoms with van der Waals surface area (Å²) in [5, 5.41) is 9.90. The van der Waals surface area contributed by atoms with E-state index >= 15 is 0 Å². The van der Waals surface area contributed by atoms with Crippen LogP contribution in [0.25, 0.3) is 11.3 Å². The van der Waals surface area contributed by atoms with Gasteiger partial charge in [-0.1, -0.05) is 12.1 Å². The molecule has 29 heavy (non-hydrogen) atoms. The lowest BCUT2D eigenvalue weighted by molar-refractivity contribution is -0.140. The predicted octanol–water partition coefficient (Wildman–Crippen LogP) is 3.16. The topological polar surface area (TPSA) is 91.0 Å². The first-order valence-electron chi connectivity index (χ1n) is 9.31. The van der Waals surface area contributed by atoms with Crippen LogP contribution in [0, 0.1) is 11.7 Å². The molecule has 4 rings (SSSR count). The largest absolute Gasteiger partial charge is 0.338 e. The number of nitrogens with zero attached hydrogens (tertiary/aromatic N) is 3. The Morgan fingerprint density at radius 3 is 2.66 bits per heavy atom. The number of carbonyl (C=O) groups excluding carboxylic acids is 2. The number of hydrogen-bond acceptors (Lipinski definition) is 4. The first-order valence-corrected chi connectivity index (χ1v) is 9.31. The normalized spacial score (nSPS) is 19.2. The van der Waals surface area contributed by atoms with Crippen LogP contribution in [0.15, 0.2) is 54.9 Å². The molecule has 1 aliphatic rings. The van der Waals surface area contributed by atoms with Crippen molar-refractivity contribution in [3.8, 4) is 11.3 Å². The lowest BCUT2D eigenvalue weighted by Crippen LogP contribution is -2.44. The number of halogens is 1. The number of carbonyl (C=O) groups is 2. The van der Waals surface area contributed by atoms with E-state index in [1.165, 1.54) is 12.1 Å². The van der Waals surface area contributed by atoms with Gasteiger partial charge in [0, 0.05) is 37.5 Å². The highest BCUT2D eigenvalue weighted by atomic mass is 19.1. The molecule has 3 heterocycles. The van der Waals surface area contributed by atoms with Gasteiger partial charge in [0.1, 0.15) is 5.82 Å². The molecule has 0 spiro atoms. The SMILES string of the molecule is CN1C(=O)CCC(C(=O)Nc2cc(-c3ccncc3)[nH]n2)C1c1ccc(F)cc1. The minimum atomic E-state index is -0.468. The lowest BCUT2D eigenvalue weighted by Gasteiger charge is -2.38. The fourth-order valence-electron chi connectivity index (χ4n) is 3.71. The van der Waals surface area contributed by atoms with Crippen LogP contribution in [0.3, 0.4) is 0 Å². The third kappa shape index (κ3) is 3.87. The third-order valence-electron chi connectivity index (χ3n) is 5.23. The highest BCUT2D eigenvalue weighted by molar-refractivity contribution is 5.94. The van der Waals surface area contributed by atoms with Crippen LogP contribution >= 0.6 is 0 Å². The van der Waals surface area contributed by atoms with Crippen LogP contribution < -0.4 is 5.32 Å². The number of likely N-dealkylation sites (tertiary alicyclic amines) is 1. The Kier molecular flexibility index (Phi) is 5.07. The Morgan fingerprint density at radius 2 is 1.93 bits per heavy atom. The van der Waals surface area contributed by atoms with Crippen molar-refractivity contribution < 1.29 is 14.0 Å². The van der Waals surface area contributed by atoms with Gasteiger partial charge in [-0.05, 0) is 36.2 Å². The number of anilines is 1. The maximum Gasteiger partial charge on any atom is 0.231 e. The number of benzene rings is 1. The summed E-state index contributed by atoms with van der Waals surface area (Å²) < 4.78 is 13.3. The van der Waals surface area contributed by atoms with Crippen LogP contribution in [0.4, 0.5) is 10.2 Å². The zero-order valence-corrected chi connectivity index (χ0v) is 15.8. The summed E-state index contributed by atoms with van der Waals surface area (Å²) in [6.45, 7) is 0. The number of nitrogens with one attached hydrogen (secondary N) is 2. The first-order chi connectivity index (χ1) is 14.0. The number of amides is 2. The number of pyridine rings is 1. The zero-order valence-electron chi connectivity index (χ0n) is 15.8. The molecule has 2 N–H and O–H groups in total. The van der Waals surface area contributed by atoms with Crippen molar-refractivity contribution in [2.75, 3.05) is 12.4 Å². The number of rotatable bonds is 4. The van der Waals surface area contributed by atoms with Gasteiger partial charge in [-0.3, -0.25) is 19.7 Å². The fraction of sp³-hybridized carbons (Fsp3) is 0.238. The number of H-pyrrole nitrogens is 1. The van der Waals surface area contributed by atoms with E-state index in [-0.39, 0.29) is 24.1 Å². The summed E-state index contributed by atoms with van der Waals surface area (Å²) in [5.41, 5.74) is 2.38. The molecule has 2 unspecified atom stereocenters. The van der Waals surface area contributed by atoms with Crippen molar-refractivity contribution in [2.45, 2.75) is 18.9 Å². The minimum absolute atomic E-state index is 0.0388. The monoisotopic (exact) mass is 393 g/mol. The van der Waals surface area contributed by atoms with Crippen molar-refractivity contribution >= 4 is 17.6 Å². The second kappa shape index (κ2) is 7.83. The summed E-state index contributed by atoms with van der Waals surface area (Å²) in [5.74, 6) is -0.697. The summed E-state index contributed by atoms with van der Waals surface area (Å²) in [6, 6.07) is 10.9. The summed E-state index contributed by atoms with van der Waals surface area (Å²) >= 11 is 0. The molecule has 0 radical (unpaired) electrons. The van der Waals surface area contributed by atoms with Crippen LogP contribution in [0.5, 0.6) is 0 Å². The van der Waals surface area contributed by atoms with Crippen molar-refractivity contribution in [3.05, 3.63) is 66.2 Å². The van der Waals surface area contributed by atoms with Gasteiger partial charge in [-0.25, -0.2) is 4.39 Å². The molecule has 1 aromatic carbocycles. The second-order valence-corrected chi connectivity index (χ2v) is 7.04. The molecular formula is C21H20FN5O2. The Balaban J connectivity index is 1.55. The molecule has 148 valence electrons. The Labute approximate surface area is 167 Å². The van der Waals surface area contributed by atoms with E-state index in [0.29, 0.717) is 12.2 Å². The van der Waals surface area contributed by atoms with Crippen molar-refractivity contribution in [1.82, 2.24) is 20.1 Å². The van der Waals surface area contributed by atoms with E-state index in [2.05, 4.69) is 20.5 Å². The number of hydrogen-bond donors (Lipinski definition) is 2. The molecule has 0 bridgehead atoms. The van der Waals surface area contributed by atoms with E-state index in [1.807, 2.05) is 12.1 Å². The van der Waals surface area contributed by atoms with Crippen LogP contribution in [0.1, 0.15) is 24.4 Å². The zero-order chi connectivity index (χ0) is 20.4. The molecule has 0 saturated carbocycles. The number of aromatic nitrogens is 3. The van der Waals surface area contributed by atoms with Gasteiger partial charge in [0.25, 0.3) is 0 Å². The van der Waals surface area contributed by atoms with E-state index < -0.39 is 12.0 Å². The van der Waals surface area contributed by atoms with Gasteiger partial charge >= 0.3 is 0 Å². The molecule has 1 aliphatic heterocycles. The highest BCUT2D eigenvalue weighted by Crippen LogP contribution is 2.36. The number of piperidine rings is 1. The third-order valence-corrected chi connectivity index (χ3v) is 5.23. The number of aromatic amines is 1. The molecule has 2 amide bonds. The minimum Gasteiger partial charge on any atom is -0.338 e. The molecule has 1 saturated heterocycles. The average Bonchev–Trinajstić information content (AvgIpc) is 3.20. The molecule has 3 aromatic rings. The van der Waals surface area contributed by atoms with Crippen LogP contribution in [-0.2, 0) is 9.59 Å². The molecular weight excluding hydrogens is 373 g/mol. The summed E-state index contributed by atoms with van der Waals surface area (Å²) in [7, 11) is 1.67. The van der Waals surface area contributed by atoms with E-state index in [9.17, 15) is 14.0 Å². The Hall–Kier alpha value is -3.55. The van der Waals surface area contributed by atoms with Gasteiger partial charge in [-0.15, -0.1) is 0 Å². The van der Waals surface area contributed by atoms with E-state index in [4.69, 9.17) is 0 Å². The molecule has 2 aromatic heterocycles. The second-order valence-electron chi connectivity index (χ2n) is 7.04. The Bertz CT molecular complexity index is 1020. The van der Waals surface area contributed by atoms with Crippen LogP contribution in [0.2, 0.25) is 0 Å². The van der Waals surface area contributed by atoms with Crippen molar-refractivity contribution in [3.63, 3.8) is 0 Å². The average molecular weight is 393 g/mol. The molecule has 1 fully saturated rings. The van der Waals surface area contributed by atoms with Gasteiger partial charge < -0.3 is 10.2 Å². The Morgan fingerprint density at radius 1 is 1.21 bits per heavy atom. The van der Waals surface area contributed by atoms with Crippen LogP contribution in [-0.4, -0.2) is 38.9 Å². The summed E-state index contributed by atoms with van der Waals surface area (Å²) in [6.07, 6.45) is 4.06. The van der Waals surface area contributed by atoms with Gasteiger partial charge in [0.15, 0.2) is 5.82 Å². The van der Waals surface area contributed by atoms with E-state index in [0.717, 1.165) is 16.8 Å². The maximum absolute atomic E-state index is 13.3. The van der Waals surface area contributed by atoms with Gasteiger partial charge in [0.05, 0.1) is 17.7 Å².